The molecule has 0 spiro atoms. The molecule has 2 atom stereocenters. The van der Waals surface area contributed by atoms with Gasteiger partial charge in [-0.3, -0.25) is 0 Å². The third-order valence-electron chi connectivity index (χ3n) is 4.30. The summed E-state index contributed by atoms with van der Waals surface area (Å²) in [5.41, 5.74) is 7.53. The van der Waals surface area contributed by atoms with Gasteiger partial charge in [0.25, 0.3) is 0 Å². The molecule has 2 aromatic rings. The highest BCUT2D eigenvalue weighted by atomic mass is 32.1. The van der Waals surface area contributed by atoms with Crippen LogP contribution >= 0.6 is 11.3 Å². The lowest BCUT2D eigenvalue weighted by Gasteiger charge is -2.29. The Hall–Kier alpha value is -0.970. The van der Waals surface area contributed by atoms with Crippen LogP contribution in [0.1, 0.15) is 24.3 Å². The number of benzene rings is 1. The van der Waals surface area contributed by atoms with E-state index in [4.69, 9.17) is 15.5 Å². The number of fused-ring (bicyclic) bond motifs is 1. The Labute approximate surface area is 116 Å². The molecule has 4 heteroatoms. The summed E-state index contributed by atoms with van der Waals surface area (Å²) in [6.07, 6.45) is 4.63. The van der Waals surface area contributed by atoms with Crippen LogP contribution in [-0.2, 0) is 11.2 Å². The van der Waals surface area contributed by atoms with E-state index in [0.29, 0.717) is 5.92 Å². The fourth-order valence-corrected chi connectivity index (χ4v) is 4.26. The number of rotatable bonds is 3. The number of aromatic nitrogens is 1. The predicted molar refractivity (Wildman–Crippen MR) is 77.3 cm³/mol. The molecule has 19 heavy (non-hydrogen) atoms. The monoisotopic (exact) mass is 274 g/mol. The number of nitrogens with zero attached hydrogens (tertiary/aromatic N) is 1. The number of ether oxygens (including phenoxy) is 1. The average Bonchev–Trinajstić information content (AvgIpc) is 3.04. The topological polar surface area (TPSA) is 48.1 Å². The van der Waals surface area contributed by atoms with Crippen molar-refractivity contribution >= 4 is 21.6 Å². The normalized spacial score (nSPS) is 31.1. The summed E-state index contributed by atoms with van der Waals surface area (Å²) >= 11 is 1.77. The van der Waals surface area contributed by atoms with Crippen molar-refractivity contribution in [1.82, 2.24) is 4.98 Å². The Morgan fingerprint density at radius 3 is 3.00 bits per heavy atom. The van der Waals surface area contributed by atoms with E-state index in [0.717, 1.165) is 30.0 Å². The summed E-state index contributed by atoms with van der Waals surface area (Å²) in [4.78, 5) is 4.72. The molecule has 1 aromatic heterocycles. The highest BCUT2D eigenvalue weighted by molar-refractivity contribution is 7.18. The van der Waals surface area contributed by atoms with E-state index in [2.05, 4.69) is 18.2 Å². The van der Waals surface area contributed by atoms with Crippen LogP contribution in [0.3, 0.4) is 0 Å². The number of hydrogen-bond donors (Lipinski definition) is 1. The van der Waals surface area contributed by atoms with E-state index in [1.807, 2.05) is 6.07 Å². The minimum absolute atomic E-state index is 0.199. The van der Waals surface area contributed by atoms with Crippen LogP contribution in [0.4, 0.5) is 0 Å². The van der Waals surface area contributed by atoms with Crippen molar-refractivity contribution in [2.75, 3.05) is 6.61 Å². The minimum atomic E-state index is -0.199. The molecule has 2 fully saturated rings. The Balaban J connectivity index is 1.62. The maximum Gasteiger partial charge on any atom is 0.0957 e. The van der Waals surface area contributed by atoms with Gasteiger partial charge in [0.05, 0.1) is 26.9 Å². The lowest BCUT2D eigenvalue weighted by Crippen LogP contribution is -2.50. The van der Waals surface area contributed by atoms with Gasteiger partial charge in [0, 0.05) is 13.0 Å². The molecule has 1 aromatic carbocycles. The standard InChI is InChI=1S/C15H18N2OS/c16-15(7-8-18-14(15)10-5-6-10)9-13-17-11-3-1-2-4-12(11)19-13/h1-4,10,14H,5-9,16H2. The second-order valence-electron chi connectivity index (χ2n) is 5.86. The van der Waals surface area contributed by atoms with Crippen molar-refractivity contribution in [2.45, 2.75) is 37.3 Å². The van der Waals surface area contributed by atoms with Crippen LogP contribution in [0.15, 0.2) is 24.3 Å². The molecule has 2 heterocycles. The number of hydrogen-bond acceptors (Lipinski definition) is 4. The SMILES string of the molecule is NC1(Cc2nc3ccccc3s2)CCOC1C1CC1. The average molecular weight is 274 g/mol. The zero-order valence-electron chi connectivity index (χ0n) is 10.8. The molecule has 4 rings (SSSR count). The van der Waals surface area contributed by atoms with Gasteiger partial charge in [-0.1, -0.05) is 12.1 Å². The Morgan fingerprint density at radius 2 is 2.21 bits per heavy atom. The molecule has 1 aliphatic carbocycles. The lowest BCUT2D eigenvalue weighted by molar-refractivity contribution is 0.0626. The number of nitrogens with two attached hydrogens (primary N) is 1. The summed E-state index contributed by atoms with van der Waals surface area (Å²) < 4.78 is 7.14. The molecule has 2 aliphatic rings. The van der Waals surface area contributed by atoms with E-state index >= 15 is 0 Å². The van der Waals surface area contributed by atoms with Gasteiger partial charge < -0.3 is 10.5 Å². The van der Waals surface area contributed by atoms with Gasteiger partial charge in [-0.25, -0.2) is 4.98 Å². The van der Waals surface area contributed by atoms with E-state index in [-0.39, 0.29) is 11.6 Å². The quantitative estimate of drug-likeness (QED) is 0.936. The van der Waals surface area contributed by atoms with Crippen molar-refractivity contribution in [1.29, 1.82) is 0 Å². The fraction of sp³-hybridized carbons (Fsp3) is 0.533. The van der Waals surface area contributed by atoms with Crippen LogP contribution in [0, 0.1) is 5.92 Å². The van der Waals surface area contributed by atoms with Crippen LogP contribution in [0.25, 0.3) is 10.2 Å². The van der Waals surface area contributed by atoms with Gasteiger partial charge in [-0.2, -0.15) is 0 Å². The van der Waals surface area contributed by atoms with Gasteiger partial charge in [0.1, 0.15) is 0 Å². The molecule has 3 nitrogen and oxygen atoms in total. The summed E-state index contributed by atoms with van der Waals surface area (Å²) in [6.45, 7) is 0.808. The minimum Gasteiger partial charge on any atom is -0.376 e. The summed E-state index contributed by atoms with van der Waals surface area (Å²) in [7, 11) is 0. The maximum absolute atomic E-state index is 6.64. The second-order valence-corrected chi connectivity index (χ2v) is 6.98. The first-order valence-electron chi connectivity index (χ1n) is 7.00. The summed E-state index contributed by atoms with van der Waals surface area (Å²) in [5, 5.41) is 1.15. The maximum atomic E-state index is 6.64. The molecular weight excluding hydrogens is 256 g/mol. The molecular formula is C15H18N2OS. The molecule has 100 valence electrons. The van der Waals surface area contributed by atoms with Crippen LogP contribution in [-0.4, -0.2) is 23.2 Å². The Bertz CT molecular complexity index is 574. The zero-order chi connectivity index (χ0) is 12.9. The summed E-state index contributed by atoms with van der Waals surface area (Å²) in [6, 6.07) is 8.30. The first-order valence-corrected chi connectivity index (χ1v) is 7.81. The molecule has 2 unspecified atom stereocenters. The van der Waals surface area contributed by atoms with Gasteiger partial charge in [-0.05, 0) is 37.3 Å². The third-order valence-corrected chi connectivity index (χ3v) is 5.34. The Kier molecular flexibility index (Phi) is 2.65. The van der Waals surface area contributed by atoms with E-state index in [9.17, 15) is 0 Å². The molecule has 1 saturated carbocycles. The van der Waals surface area contributed by atoms with Gasteiger partial charge in [0.2, 0.25) is 0 Å². The zero-order valence-corrected chi connectivity index (χ0v) is 11.7. The van der Waals surface area contributed by atoms with Crippen LogP contribution in [0.2, 0.25) is 0 Å². The lowest BCUT2D eigenvalue weighted by atomic mass is 9.86. The van der Waals surface area contributed by atoms with Crippen molar-refractivity contribution < 1.29 is 4.74 Å². The highest BCUT2D eigenvalue weighted by Gasteiger charge is 2.49. The number of para-hydroxylation sites is 1. The van der Waals surface area contributed by atoms with E-state index in [1.54, 1.807) is 11.3 Å². The fourth-order valence-electron chi connectivity index (χ4n) is 3.15. The molecule has 2 N–H and O–H groups in total. The van der Waals surface area contributed by atoms with Gasteiger partial charge >= 0.3 is 0 Å². The van der Waals surface area contributed by atoms with Crippen molar-refractivity contribution in [2.24, 2.45) is 11.7 Å². The Morgan fingerprint density at radius 1 is 1.37 bits per heavy atom. The molecule has 0 bridgehead atoms. The summed E-state index contributed by atoms with van der Waals surface area (Å²) in [5.74, 6) is 0.696. The molecule has 1 saturated heterocycles. The first kappa shape index (κ1) is 11.8. The first-order chi connectivity index (χ1) is 9.24. The smallest absolute Gasteiger partial charge is 0.0957 e. The third kappa shape index (κ3) is 2.08. The van der Waals surface area contributed by atoms with Crippen molar-refractivity contribution in [3.63, 3.8) is 0 Å². The molecule has 0 radical (unpaired) electrons. The second kappa shape index (κ2) is 4.27. The van der Waals surface area contributed by atoms with Gasteiger partial charge in [0.15, 0.2) is 0 Å². The largest absolute Gasteiger partial charge is 0.376 e. The van der Waals surface area contributed by atoms with Crippen LogP contribution in [0.5, 0.6) is 0 Å². The predicted octanol–water partition coefficient (Wildman–Crippen LogP) is 2.74. The van der Waals surface area contributed by atoms with Crippen molar-refractivity contribution in [3.8, 4) is 0 Å². The van der Waals surface area contributed by atoms with E-state index in [1.165, 1.54) is 17.5 Å². The van der Waals surface area contributed by atoms with Crippen LogP contribution < -0.4 is 5.73 Å². The highest BCUT2D eigenvalue weighted by Crippen LogP contribution is 2.43. The van der Waals surface area contributed by atoms with E-state index < -0.39 is 0 Å². The van der Waals surface area contributed by atoms with Crippen molar-refractivity contribution in [3.05, 3.63) is 29.3 Å². The molecule has 1 aliphatic heterocycles. The number of thiazole rings is 1. The van der Waals surface area contributed by atoms with Gasteiger partial charge in [-0.15, -0.1) is 11.3 Å². The molecule has 0 amide bonds.